The van der Waals surface area contributed by atoms with Crippen LogP contribution in [0.2, 0.25) is 0 Å². The molecule has 3 rings (SSSR count). The lowest BCUT2D eigenvalue weighted by Gasteiger charge is -2.20. The number of nitrogens with two attached hydrogens (primary N) is 1. The number of fused-ring (bicyclic) bond motifs is 1. The average molecular weight is 297 g/mol. The van der Waals surface area contributed by atoms with E-state index in [-0.39, 0.29) is 0 Å². The molecule has 3 aromatic rings. The Balaban J connectivity index is 1.75. The maximum absolute atomic E-state index is 5.75. The highest BCUT2D eigenvalue weighted by atomic mass is 32.1. The van der Waals surface area contributed by atoms with Crippen LogP contribution in [0.3, 0.4) is 0 Å². The van der Waals surface area contributed by atoms with E-state index in [4.69, 9.17) is 10.7 Å². The van der Waals surface area contributed by atoms with Crippen LogP contribution in [0.5, 0.6) is 0 Å². The lowest BCUT2D eigenvalue weighted by molar-refractivity contribution is 0.264. The summed E-state index contributed by atoms with van der Waals surface area (Å²) in [4.78, 5) is 7.07. The van der Waals surface area contributed by atoms with Crippen LogP contribution in [0.25, 0.3) is 10.2 Å². The summed E-state index contributed by atoms with van der Waals surface area (Å²) in [5, 5.41) is 1.15. The molecule has 0 aliphatic carbocycles. The molecule has 0 aliphatic heterocycles. The van der Waals surface area contributed by atoms with Crippen molar-refractivity contribution in [3.05, 3.63) is 65.2 Å². The van der Waals surface area contributed by atoms with Gasteiger partial charge >= 0.3 is 0 Å². The van der Waals surface area contributed by atoms with Gasteiger partial charge in [-0.2, -0.15) is 0 Å². The van der Waals surface area contributed by atoms with E-state index in [9.17, 15) is 0 Å². The van der Waals surface area contributed by atoms with Crippen LogP contribution in [0, 0.1) is 0 Å². The Bertz CT molecular complexity index is 660. The summed E-state index contributed by atoms with van der Waals surface area (Å²) in [6, 6.07) is 18.8. The molecule has 0 spiro atoms. The molecule has 0 saturated heterocycles. The topological polar surface area (TPSA) is 42.1 Å². The Hall–Kier alpha value is -1.75. The van der Waals surface area contributed by atoms with Gasteiger partial charge in [-0.25, -0.2) is 4.98 Å². The smallest absolute Gasteiger partial charge is 0.108 e. The van der Waals surface area contributed by atoms with Crippen molar-refractivity contribution < 1.29 is 0 Å². The molecular weight excluding hydrogens is 278 g/mol. The monoisotopic (exact) mass is 297 g/mol. The van der Waals surface area contributed by atoms with Gasteiger partial charge in [-0.3, -0.25) is 4.90 Å². The van der Waals surface area contributed by atoms with E-state index in [2.05, 4.69) is 47.4 Å². The van der Waals surface area contributed by atoms with Crippen molar-refractivity contribution in [3.8, 4) is 0 Å². The second-order valence-electron chi connectivity index (χ2n) is 5.06. The zero-order chi connectivity index (χ0) is 14.5. The Morgan fingerprint density at radius 3 is 2.48 bits per heavy atom. The molecule has 1 aromatic heterocycles. The van der Waals surface area contributed by atoms with Gasteiger partial charge in [0.15, 0.2) is 0 Å². The molecule has 0 aliphatic rings. The van der Waals surface area contributed by atoms with Crippen molar-refractivity contribution in [1.82, 2.24) is 9.88 Å². The second-order valence-corrected chi connectivity index (χ2v) is 6.18. The van der Waals surface area contributed by atoms with Crippen LogP contribution in [0.4, 0.5) is 0 Å². The minimum Gasteiger partial charge on any atom is -0.329 e. The predicted octanol–water partition coefficient (Wildman–Crippen LogP) is 3.26. The highest BCUT2D eigenvalue weighted by Crippen LogP contribution is 2.23. The van der Waals surface area contributed by atoms with Gasteiger partial charge in [0.05, 0.1) is 16.8 Å². The third kappa shape index (κ3) is 3.67. The van der Waals surface area contributed by atoms with Crippen molar-refractivity contribution in [2.75, 3.05) is 13.1 Å². The molecule has 3 nitrogen and oxygen atoms in total. The van der Waals surface area contributed by atoms with E-state index in [0.717, 1.165) is 30.2 Å². The summed E-state index contributed by atoms with van der Waals surface area (Å²) in [6.07, 6.45) is 0. The number of para-hydroxylation sites is 1. The second kappa shape index (κ2) is 6.80. The van der Waals surface area contributed by atoms with Crippen molar-refractivity contribution in [2.24, 2.45) is 5.73 Å². The SMILES string of the molecule is NCCN(Cc1ccccc1)Cc1nc2ccccc2s1. The van der Waals surface area contributed by atoms with Gasteiger partial charge in [-0.1, -0.05) is 42.5 Å². The first-order chi connectivity index (χ1) is 10.3. The van der Waals surface area contributed by atoms with Crippen LogP contribution in [0.15, 0.2) is 54.6 Å². The van der Waals surface area contributed by atoms with Crippen molar-refractivity contribution in [1.29, 1.82) is 0 Å². The van der Waals surface area contributed by atoms with Crippen LogP contribution < -0.4 is 5.73 Å². The molecule has 0 radical (unpaired) electrons. The third-order valence-electron chi connectivity index (χ3n) is 3.39. The largest absolute Gasteiger partial charge is 0.329 e. The zero-order valence-electron chi connectivity index (χ0n) is 11.9. The molecule has 108 valence electrons. The summed E-state index contributed by atoms with van der Waals surface area (Å²) < 4.78 is 1.25. The molecule has 0 fully saturated rings. The fourth-order valence-corrected chi connectivity index (χ4v) is 3.43. The number of hydrogen-bond donors (Lipinski definition) is 1. The quantitative estimate of drug-likeness (QED) is 0.759. The van der Waals surface area contributed by atoms with Gasteiger partial charge in [0.2, 0.25) is 0 Å². The van der Waals surface area contributed by atoms with E-state index in [1.165, 1.54) is 10.3 Å². The first-order valence-electron chi connectivity index (χ1n) is 7.16. The fourth-order valence-electron chi connectivity index (χ4n) is 2.42. The molecule has 0 atom stereocenters. The Kier molecular flexibility index (Phi) is 4.60. The molecule has 0 amide bonds. The minimum absolute atomic E-state index is 0.664. The predicted molar refractivity (Wildman–Crippen MR) is 89.2 cm³/mol. The zero-order valence-corrected chi connectivity index (χ0v) is 12.7. The first-order valence-corrected chi connectivity index (χ1v) is 7.97. The highest BCUT2D eigenvalue weighted by Gasteiger charge is 2.10. The van der Waals surface area contributed by atoms with Crippen LogP contribution in [-0.2, 0) is 13.1 Å². The number of nitrogens with zero attached hydrogens (tertiary/aromatic N) is 2. The van der Waals surface area contributed by atoms with Crippen LogP contribution >= 0.6 is 11.3 Å². The summed E-state index contributed by atoms with van der Waals surface area (Å²) >= 11 is 1.77. The molecule has 2 N–H and O–H groups in total. The Labute approximate surface area is 129 Å². The molecule has 4 heteroatoms. The number of benzene rings is 2. The molecule has 0 saturated carbocycles. The number of hydrogen-bond acceptors (Lipinski definition) is 4. The van der Waals surface area contributed by atoms with Gasteiger partial charge in [-0.05, 0) is 17.7 Å². The summed E-state index contributed by atoms with van der Waals surface area (Å²) in [5.41, 5.74) is 8.15. The van der Waals surface area contributed by atoms with E-state index in [1.54, 1.807) is 11.3 Å². The van der Waals surface area contributed by atoms with Crippen LogP contribution in [-0.4, -0.2) is 23.0 Å². The van der Waals surface area contributed by atoms with E-state index in [1.807, 2.05) is 12.1 Å². The summed E-state index contributed by atoms with van der Waals surface area (Å²) in [5.74, 6) is 0. The highest BCUT2D eigenvalue weighted by molar-refractivity contribution is 7.18. The normalized spacial score (nSPS) is 11.3. The molecule has 1 heterocycles. The lowest BCUT2D eigenvalue weighted by Crippen LogP contribution is -2.28. The van der Waals surface area contributed by atoms with E-state index in [0.29, 0.717) is 6.54 Å². The maximum atomic E-state index is 5.75. The fraction of sp³-hybridized carbons (Fsp3) is 0.235. The van der Waals surface area contributed by atoms with Gasteiger partial charge in [0.1, 0.15) is 5.01 Å². The van der Waals surface area contributed by atoms with Crippen molar-refractivity contribution in [2.45, 2.75) is 13.1 Å². The van der Waals surface area contributed by atoms with Crippen LogP contribution in [0.1, 0.15) is 10.6 Å². The average Bonchev–Trinajstić information content (AvgIpc) is 2.90. The lowest BCUT2D eigenvalue weighted by atomic mass is 10.2. The van der Waals surface area contributed by atoms with Crippen molar-refractivity contribution >= 4 is 21.6 Å². The van der Waals surface area contributed by atoms with E-state index < -0.39 is 0 Å². The summed E-state index contributed by atoms with van der Waals surface area (Å²) in [7, 11) is 0. The molecule has 0 unspecified atom stereocenters. The minimum atomic E-state index is 0.664. The molecule has 21 heavy (non-hydrogen) atoms. The first kappa shape index (κ1) is 14.2. The van der Waals surface area contributed by atoms with E-state index >= 15 is 0 Å². The number of thiazole rings is 1. The Morgan fingerprint density at radius 1 is 0.952 bits per heavy atom. The van der Waals surface area contributed by atoms with Gasteiger partial charge in [-0.15, -0.1) is 11.3 Å². The molecule has 0 bridgehead atoms. The standard InChI is InChI=1S/C17H19N3S/c18-10-11-20(12-14-6-2-1-3-7-14)13-17-19-15-8-4-5-9-16(15)21-17/h1-9H,10-13,18H2. The van der Waals surface area contributed by atoms with Gasteiger partial charge in [0, 0.05) is 19.6 Å². The molecule has 2 aromatic carbocycles. The number of rotatable bonds is 6. The maximum Gasteiger partial charge on any atom is 0.108 e. The third-order valence-corrected chi connectivity index (χ3v) is 4.41. The number of aromatic nitrogens is 1. The van der Waals surface area contributed by atoms with Crippen molar-refractivity contribution in [3.63, 3.8) is 0 Å². The summed E-state index contributed by atoms with van der Waals surface area (Å²) in [6.45, 7) is 3.31. The van der Waals surface area contributed by atoms with Gasteiger partial charge in [0.25, 0.3) is 0 Å². The Morgan fingerprint density at radius 2 is 1.71 bits per heavy atom. The van der Waals surface area contributed by atoms with Gasteiger partial charge < -0.3 is 5.73 Å². The molecular formula is C17H19N3S.